The number of nitrogens with zero attached hydrogens (tertiary/aromatic N) is 1. The molecule has 1 aromatic rings. The van der Waals surface area contributed by atoms with Gasteiger partial charge in [0.25, 0.3) is 0 Å². The van der Waals surface area contributed by atoms with Gasteiger partial charge in [-0.15, -0.1) is 0 Å². The Labute approximate surface area is 119 Å². The van der Waals surface area contributed by atoms with Crippen molar-refractivity contribution in [2.24, 2.45) is 0 Å². The molecule has 0 aliphatic carbocycles. The molecule has 0 saturated heterocycles. The van der Waals surface area contributed by atoms with E-state index in [1.54, 1.807) is 4.90 Å². The Morgan fingerprint density at radius 3 is 2.35 bits per heavy atom. The molecule has 0 unspecified atom stereocenters. The predicted octanol–water partition coefficient (Wildman–Crippen LogP) is 3.49. The van der Waals surface area contributed by atoms with Crippen LogP contribution in [0.4, 0.5) is 5.69 Å². The van der Waals surface area contributed by atoms with Crippen molar-refractivity contribution in [2.45, 2.75) is 19.9 Å². The fourth-order valence-corrected chi connectivity index (χ4v) is 2.52. The number of hydrogen-bond donors (Lipinski definition) is 1. The minimum absolute atomic E-state index is 0.0719. The largest absolute Gasteiger partial charge is 0.374 e. The van der Waals surface area contributed by atoms with Crippen LogP contribution in [-0.2, 0) is 4.79 Å². The summed E-state index contributed by atoms with van der Waals surface area (Å²) in [4.78, 5) is 13.5. The van der Waals surface area contributed by atoms with E-state index in [1.165, 1.54) is 0 Å². The quantitative estimate of drug-likeness (QED) is 0.887. The van der Waals surface area contributed by atoms with E-state index in [1.807, 2.05) is 39.1 Å². The number of para-hydroxylation sites is 1. The van der Waals surface area contributed by atoms with Gasteiger partial charge in [0.1, 0.15) is 0 Å². The molecule has 0 saturated carbocycles. The van der Waals surface area contributed by atoms with E-state index in [0.717, 1.165) is 14.6 Å². The first kappa shape index (κ1) is 14.5. The Hall–Kier alpha value is -0.550. The third kappa shape index (κ3) is 4.00. The molecule has 0 spiro atoms. The molecule has 3 nitrogen and oxygen atoms in total. The Kier molecular flexibility index (Phi) is 5.46. The van der Waals surface area contributed by atoms with E-state index in [9.17, 15) is 4.79 Å². The van der Waals surface area contributed by atoms with Gasteiger partial charge in [-0.1, -0.05) is 6.07 Å². The molecule has 1 aromatic carbocycles. The van der Waals surface area contributed by atoms with Crippen molar-refractivity contribution in [3.8, 4) is 0 Å². The number of anilines is 1. The number of nitrogens with one attached hydrogen (secondary N) is 1. The lowest BCUT2D eigenvalue weighted by Crippen LogP contribution is -2.37. The summed E-state index contributed by atoms with van der Waals surface area (Å²) in [5, 5.41) is 3.13. The van der Waals surface area contributed by atoms with Crippen LogP contribution in [0.3, 0.4) is 0 Å². The number of likely N-dealkylation sites (N-methyl/N-ethyl adjacent to an activating group) is 1. The van der Waals surface area contributed by atoms with E-state index in [-0.39, 0.29) is 18.5 Å². The first-order valence-corrected chi connectivity index (χ1v) is 6.95. The highest BCUT2D eigenvalue weighted by Gasteiger charge is 2.12. The van der Waals surface area contributed by atoms with Crippen molar-refractivity contribution in [1.82, 2.24) is 4.90 Å². The number of amides is 1. The van der Waals surface area contributed by atoms with Crippen molar-refractivity contribution in [2.75, 3.05) is 18.9 Å². The van der Waals surface area contributed by atoms with Gasteiger partial charge in [0.05, 0.1) is 12.2 Å². The van der Waals surface area contributed by atoms with Gasteiger partial charge in [0.15, 0.2) is 0 Å². The minimum atomic E-state index is 0.0719. The van der Waals surface area contributed by atoms with Crippen molar-refractivity contribution in [3.05, 3.63) is 27.1 Å². The maximum atomic E-state index is 11.8. The number of benzene rings is 1. The highest BCUT2D eigenvalue weighted by molar-refractivity contribution is 9.11. The summed E-state index contributed by atoms with van der Waals surface area (Å²) in [6.45, 7) is 4.27. The van der Waals surface area contributed by atoms with E-state index in [0.29, 0.717) is 0 Å². The molecule has 0 aromatic heterocycles. The highest BCUT2D eigenvalue weighted by Crippen LogP contribution is 2.30. The minimum Gasteiger partial charge on any atom is -0.374 e. The fraction of sp³-hybridized carbons (Fsp3) is 0.417. The number of hydrogen-bond acceptors (Lipinski definition) is 2. The molecular weight excluding hydrogens is 348 g/mol. The van der Waals surface area contributed by atoms with Crippen LogP contribution >= 0.6 is 31.9 Å². The molecule has 0 radical (unpaired) electrons. The number of carbonyl (C=O) groups is 1. The van der Waals surface area contributed by atoms with Crippen LogP contribution < -0.4 is 5.32 Å². The molecule has 5 heteroatoms. The molecule has 0 heterocycles. The summed E-state index contributed by atoms with van der Waals surface area (Å²) < 4.78 is 1.87. The molecule has 1 rings (SSSR count). The van der Waals surface area contributed by atoms with Gasteiger partial charge < -0.3 is 10.2 Å². The number of carbonyl (C=O) groups excluding carboxylic acids is 1. The Morgan fingerprint density at radius 1 is 1.35 bits per heavy atom. The number of rotatable bonds is 4. The lowest BCUT2D eigenvalue weighted by molar-refractivity contribution is -0.129. The van der Waals surface area contributed by atoms with Crippen LogP contribution in [0.5, 0.6) is 0 Å². The average molecular weight is 364 g/mol. The predicted molar refractivity (Wildman–Crippen MR) is 78.2 cm³/mol. The smallest absolute Gasteiger partial charge is 0.241 e. The molecule has 0 fully saturated rings. The molecule has 94 valence electrons. The van der Waals surface area contributed by atoms with Crippen molar-refractivity contribution in [1.29, 1.82) is 0 Å². The molecule has 0 bridgehead atoms. The Morgan fingerprint density at radius 2 is 1.88 bits per heavy atom. The van der Waals surface area contributed by atoms with Gasteiger partial charge >= 0.3 is 0 Å². The summed E-state index contributed by atoms with van der Waals surface area (Å²) in [5.41, 5.74) is 0.901. The zero-order chi connectivity index (χ0) is 13.0. The molecule has 0 aliphatic rings. The van der Waals surface area contributed by atoms with Crippen LogP contribution in [0.2, 0.25) is 0 Å². The van der Waals surface area contributed by atoms with Crippen LogP contribution in [-0.4, -0.2) is 30.4 Å². The van der Waals surface area contributed by atoms with E-state index in [2.05, 4.69) is 37.2 Å². The van der Waals surface area contributed by atoms with Gasteiger partial charge in [-0.05, 0) is 57.8 Å². The number of halogens is 2. The van der Waals surface area contributed by atoms with Crippen LogP contribution in [0.1, 0.15) is 13.8 Å². The Balaban J connectivity index is 2.65. The van der Waals surface area contributed by atoms with Gasteiger partial charge in [0, 0.05) is 22.0 Å². The standard InChI is InChI=1S/C12H16Br2N2O/c1-8(2)16(3)11(17)7-15-12-9(13)5-4-6-10(12)14/h4-6,8,15H,7H2,1-3H3. The Bertz CT molecular complexity index is 387. The maximum Gasteiger partial charge on any atom is 0.241 e. The SMILES string of the molecule is CC(C)N(C)C(=O)CNc1c(Br)cccc1Br. The molecule has 1 N–H and O–H groups in total. The van der Waals surface area contributed by atoms with Crippen molar-refractivity contribution >= 4 is 43.5 Å². The van der Waals surface area contributed by atoms with Crippen LogP contribution in [0.25, 0.3) is 0 Å². The average Bonchev–Trinajstić information content (AvgIpc) is 2.26. The summed E-state index contributed by atoms with van der Waals surface area (Å²) in [5.74, 6) is 0.0719. The van der Waals surface area contributed by atoms with E-state index < -0.39 is 0 Å². The van der Waals surface area contributed by atoms with Crippen LogP contribution in [0.15, 0.2) is 27.1 Å². The zero-order valence-corrected chi connectivity index (χ0v) is 13.3. The normalized spacial score (nSPS) is 10.5. The monoisotopic (exact) mass is 362 g/mol. The highest BCUT2D eigenvalue weighted by atomic mass is 79.9. The van der Waals surface area contributed by atoms with E-state index in [4.69, 9.17) is 0 Å². The van der Waals surface area contributed by atoms with Crippen LogP contribution in [0, 0.1) is 0 Å². The third-order valence-electron chi connectivity index (χ3n) is 2.55. The topological polar surface area (TPSA) is 32.3 Å². The van der Waals surface area contributed by atoms with Gasteiger partial charge in [0.2, 0.25) is 5.91 Å². The first-order valence-electron chi connectivity index (χ1n) is 5.37. The third-order valence-corrected chi connectivity index (χ3v) is 3.87. The fourth-order valence-electron chi connectivity index (χ4n) is 1.24. The maximum absolute atomic E-state index is 11.8. The van der Waals surface area contributed by atoms with Gasteiger partial charge in [-0.25, -0.2) is 0 Å². The second-order valence-corrected chi connectivity index (χ2v) is 5.76. The first-order chi connectivity index (χ1) is 7.93. The lowest BCUT2D eigenvalue weighted by Gasteiger charge is -2.22. The molecule has 17 heavy (non-hydrogen) atoms. The van der Waals surface area contributed by atoms with Gasteiger partial charge in [-0.3, -0.25) is 4.79 Å². The zero-order valence-electron chi connectivity index (χ0n) is 10.1. The molecule has 0 aliphatic heterocycles. The summed E-state index contributed by atoms with van der Waals surface area (Å²) >= 11 is 6.89. The van der Waals surface area contributed by atoms with Crippen molar-refractivity contribution < 1.29 is 4.79 Å². The van der Waals surface area contributed by atoms with Crippen molar-refractivity contribution in [3.63, 3.8) is 0 Å². The molecular formula is C12H16Br2N2O. The summed E-state index contributed by atoms with van der Waals surface area (Å²) in [6.07, 6.45) is 0. The lowest BCUT2D eigenvalue weighted by atomic mass is 10.3. The molecule has 0 atom stereocenters. The second kappa shape index (κ2) is 6.40. The summed E-state index contributed by atoms with van der Waals surface area (Å²) in [7, 11) is 1.81. The van der Waals surface area contributed by atoms with Gasteiger partial charge in [-0.2, -0.15) is 0 Å². The molecule has 1 amide bonds. The summed E-state index contributed by atoms with van der Waals surface area (Å²) in [6, 6.07) is 6.02. The second-order valence-electron chi connectivity index (χ2n) is 4.05. The van der Waals surface area contributed by atoms with E-state index >= 15 is 0 Å².